The van der Waals surface area contributed by atoms with Gasteiger partial charge in [0.2, 0.25) is 10.0 Å². The van der Waals surface area contributed by atoms with Crippen LogP contribution in [0.4, 0.5) is 11.4 Å². The fourth-order valence-electron chi connectivity index (χ4n) is 2.68. The normalized spacial score (nSPS) is 16.5. The summed E-state index contributed by atoms with van der Waals surface area (Å²) in [6.45, 7) is 0.421. The van der Waals surface area contributed by atoms with Crippen LogP contribution in [0.25, 0.3) is 0 Å². The average molecular weight is 313 g/mol. The van der Waals surface area contributed by atoms with Crippen LogP contribution in [0.2, 0.25) is 0 Å². The number of non-ortho nitro benzene ring substituents is 1. The Kier molecular flexibility index (Phi) is 4.48. The molecule has 0 aliphatic heterocycles. The molecule has 0 saturated heterocycles. The van der Waals surface area contributed by atoms with Gasteiger partial charge in [-0.15, -0.1) is 0 Å². The molecule has 0 aromatic heterocycles. The second kappa shape index (κ2) is 5.98. The topological polar surface area (TPSA) is 107 Å². The third kappa shape index (κ3) is 3.33. The number of anilines is 1. The van der Waals surface area contributed by atoms with E-state index in [2.05, 4.69) is 0 Å². The number of nitro benzene ring substituents is 1. The first-order chi connectivity index (χ1) is 9.82. The van der Waals surface area contributed by atoms with Gasteiger partial charge in [-0.2, -0.15) is 0 Å². The molecule has 0 bridgehead atoms. The monoisotopic (exact) mass is 313 g/mol. The van der Waals surface area contributed by atoms with Gasteiger partial charge >= 0.3 is 0 Å². The van der Waals surface area contributed by atoms with Gasteiger partial charge in [0, 0.05) is 25.7 Å². The maximum absolute atomic E-state index is 12.5. The Balaban J connectivity index is 2.29. The lowest BCUT2D eigenvalue weighted by Gasteiger charge is -2.21. The molecule has 8 heteroatoms. The van der Waals surface area contributed by atoms with Crippen molar-refractivity contribution in [3.05, 3.63) is 28.3 Å². The summed E-state index contributed by atoms with van der Waals surface area (Å²) in [4.78, 5) is 9.97. The highest BCUT2D eigenvalue weighted by atomic mass is 32.2. The standard InChI is InChI=1S/C13H19N3O4S/c1-15(9-10-4-2-3-5-10)21(19,20)13-8-11(16(17)18)6-7-12(13)14/h6-8,10H,2-5,9,14H2,1H3. The third-order valence-electron chi connectivity index (χ3n) is 3.89. The van der Waals surface area contributed by atoms with Crippen molar-refractivity contribution >= 4 is 21.4 Å². The molecule has 0 spiro atoms. The minimum absolute atomic E-state index is 0.0267. The molecule has 2 rings (SSSR count). The highest BCUT2D eigenvalue weighted by Gasteiger charge is 2.28. The van der Waals surface area contributed by atoms with E-state index in [-0.39, 0.29) is 16.3 Å². The van der Waals surface area contributed by atoms with E-state index in [1.165, 1.54) is 23.5 Å². The van der Waals surface area contributed by atoms with Gasteiger partial charge in [0.15, 0.2) is 0 Å². The quantitative estimate of drug-likeness (QED) is 0.508. The lowest BCUT2D eigenvalue weighted by atomic mass is 10.1. The molecule has 1 aromatic rings. The molecule has 0 amide bonds. The van der Waals surface area contributed by atoms with Gasteiger partial charge in [0.1, 0.15) is 4.90 Å². The van der Waals surface area contributed by atoms with E-state index in [4.69, 9.17) is 5.73 Å². The van der Waals surface area contributed by atoms with Crippen LogP contribution in [0.5, 0.6) is 0 Å². The Morgan fingerprint density at radius 3 is 2.57 bits per heavy atom. The highest BCUT2D eigenvalue weighted by molar-refractivity contribution is 7.89. The Morgan fingerprint density at radius 1 is 1.38 bits per heavy atom. The Labute approximate surface area is 123 Å². The number of nitrogen functional groups attached to an aromatic ring is 1. The first-order valence-electron chi connectivity index (χ1n) is 6.82. The Morgan fingerprint density at radius 2 is 2.00 bits per heavy atom. The summed E-state index contributed by atoms with van der Waals surface area (Å²) in [5.74, 6) is 0.352. The van der Waals surface area contributed by atoms with E-state index < -0.39 is 14.9 Å². The van der Waals surface area contributed by atoms with Crippen molar-refractivity contribution in [2.45, 2.75) is 30.6 Å². The molecule has 21 heavy (non-hydrogen) atoms. The van der Waals surface area contributed by atoms with Gasteiger partial charge in [-0.05, 0) is 24.8 Å². The number of nitrogens with two attached hydrogens (primary N) is 1. The van der Waals surface area contributed by atoms with Gasteiger partial charge in [-0.3, -0.25) is 10.1 Å². The van der Waals surface area contributed by atoms with Crippen LogP contribution in [-0.4, -0.2) is 31.2 Å². The number of nitro groups is 1. The summed E-state index contributed by atoms with van der Waals surface area (Å²) >= 11 is 0. The van der Waals surface area contributed by atoms with Crippen molar-refractivity contribution in [1.29, 1.82) is 0 Å². The summed E-state index contributed by atoms with van der Waals surface area (Å²) < 4.78 is 26.3. The Bertz CT molecular complexity index is 639. The minimum atomic E-state index is -3.81. The number of nitrogens with zero attached hydrogens (tertiary/aromatic N) is 2. The van der Waals surface area contributed by atoms with E-state index in [9.17, 15) is 18.5 Å². The van der Waals surface area contributed by atoms with Crippen molar-refractivity contribution in [3.63, 3.8) is 0 Å². The van der Waals surface area contributed by atoms with Crippen LogP contribution in [0.3, 0.4) is 0 Å². The number of hydrogen-bond donors (Lipinski definition) is 1. The second-order valence-electron chi connectivity index (χ2n) is 5.42. The minimum Gasteiger partial charge on any atom is -0.398 e. The molecule has 1 aliphatic rings. The molecular weight excluding hydrogens is 294 g/mol. The first kappa shape index (κ1) is 15.7. The van der Waals surface area contributed by atoms with Gasteiger partial charge in [-0.25, -0.2) is 12.7 Å². The molecule has 116 valence electrons. The molecule has 1 aliphatic carbocycles. The van der Waals surface area contributed by atoms with E-state index in [1.807, 2.05) is 0 Å². The summed E-state index contributed by atoms with van der Waals surface area (Å²) in [7, 11) is -2.32. The van der Waals surface area contributed by atoms with E-state index >= 15 is 0 Å². The van der Waals surface area contributed by atoms with Crippen molar-refractivity contribution in [1.82, 2.24) is 4.31 Å². The SMILES string of the molecule is CN(CC1CCCC1)S(=O)(=O)c1cc([N+](=O)[O-])ccc1N. The van der Waals surface area contributed by atoms with Crippen LogP contribution >= 0.6 is 0 Å². The van der Waals surface area contributed by atoms with E-state index in [1.54, 1.807) is 0 Å². The molecular formula is C13H19N3O4S. The molecule has 1 fully saturated rings. The maximum Gasteiger partial charge on any atom is 0.270 e. The average Bonchev–Trinajstić information content (AvgIpc) is 2.91. The highest BCUT2D eigenvalue weighted by Crippen LogP contribution is 2.30. The third-order valence-corrected chi connectivity index (χ3v) is 5.77. The molecule has 0 atom stereocenters. The number of hydrogen-bond acceptors (Lipinski definition) is 5. The molecule has 7 nitrogen and oxygen atoms in total. The van der Waals surface area contributed by atoms with Crippen molar-refractivity contribution < 1.29 is 13.3 Å². The van der Waals surface area contributed by atoms with Crippen molar-refractivity contribution in [2.75, 3.05) is 19.3 Å². The molecule has 2 N–H and O–H groups in total. The van der Waals surface area contributed by atoms with Crippen LogP contribution < -0.4 is 5.73 Å². The second-order valence-corrected chi connectivity index (χ2v) is 7.43. The van der Waals surface area contributed by atoms with Crippen LogP contribution in [0.1, 0.15) is 25.7 Å². The predicted molar refractivity (Wildman–Crippen MR) is 79.3 cm³/mol. The van der Waals surface area contributed by atoms with Crippen molar-refractivity contribution in [3.8, 4) is 0 Å². The smallest absolute Gasteiger partial charge is 0.270 e. The van der Waals surface area contributed by atoms with Crippen molar-refractivity contribution in [2.24, 2.45) is 5.92 Å². The fourth-order valence-corrected chi connectivity index (χ4v) is 4.06. The molecule has 1 saturated carbocycles. The largest absolute Gasteiger partial charge is 0.398 e. The van der Waals surface area contributed by atoms with E-state index in [0.29, 0.717) is 12.5 Å². The molecule has 0 radical (unpaired) electrons. The zero-order chi connectivity index (χ0) is 15.6. The number of rotatable bonds is 5. The van der Waals surface area contributed by atoms with Gasteiger partial charge in [-0.1, -0.05) is 12.8 Å². The predicted octanol–water partition coefficient (Wildman–Crippen LogP) is 1.99. The lowest BCUT2D eigenvalue weighted by molar-refractivity contribution is -0.385. The van der Waals surface area contributed by atoms with Gasteiger partial charge < -0.3 is 5.73 Å². The number of sulfonamides is 1. The molecule has 1 aromatic carbocycles. The van der Waals surface area contributed by atoms with Gasteiger partial charge in [0.25, 0.3) is 5.69 Å². The molecule has 0 heterocycles. The van der Waals surface area contributed by atoms with E-state index in [0.717, 1.165) is 31.7 Å². The van der Waals surface area contributed by atoms with Crippen LogP contribution in [-0.2, 0) is 10.0 Å². The number of benzene rings is 1. The van der Waals surface area contributed by atoms with Gasteiger partial charge in [0.05, 0.1) is 10.6 Å². The fraction of sp³-hybridized carbons (Fsp3) is 0.538. The van der Waals surface area contributed by atoms with Crippen LogP contribution in [0, 0.1) is 16.0 Å². The van der Waals surface area contributed by atoms with Crippen LogP contribution in [0.15, 0.2) is 23.1 Å². The summed E-state index contributed by atoms with van der Waals surface area (Å²) in [6.07, 6.45) is 4.28. The molecule has 0 unspecified atom stereocenters. The summed E-state index contributed by atoms with van der Waals surface area (Å²) in [6, 6.07) is 3.48. The Hall–Kier alpha value is -1.67. The zero-order valence-corrected chi connectivity index (χ0v) is 12.7. The maximum atomic E-state index is 12.5. The zero-order valence-electron chi connectivity index (χ0n) is 11.9. The lowest BCUT2D eigenvalue weighted by Crippen LogP contribution is -2.31. The first-order valence-corrected chi connectivity index (χ1v) is 8.26. The summed E-state index contributed by atoms with van der Waals surface area (Å²) in [5, 5.41) is 10.8. The summed E-state index contributed by atoms with van der Waals surface area (Å²) in [5.41, 5.74) is 5.44.